The van der Waals surface area contributed by atoms with Crippen LogP contribution in [0.25, 0.3) is 0 Å². The average Bonchev–Trinajstić information content (AvgIpc) is 3.15. The number of carbonyl (C=O) groups excluding carboxylic acids is 7. The minimum absolute atomic E-state index is 0.121. The van der Waals surface area contributed by atoms with Crippen molar-refractivity contribution in [2.45, 2.75) is 106 Å². The number of allylic oxidation sites excluding steroid dienone is 2. The number of ketones is 2. The van der Waals surface area contributed by atoms with Crippen molar-refractivity contribution in [2.75, 3.05) is 0 Å². The highest BCUT2D eigenvalue weighted by atomic mass is 16.6. The van der Waals surface area contributed by atoms with Crippen LogP contribution in [0.4, 0.5) is 0 Å². The van der Waals surface area contributed by atoms with Gasteiger partial charge in [0, 0.05) is 51.0 Å². The predicted octanol–water partition coefficient (Wildman–Crippen LogP) is 3.23. The maximum absolute atomic E-state index is 14.4. The molecular formula is C32H44O12. The third-order valence-electron chi connectivity index (χ3n) is 7.86. The second-order valence-corrected chi connectivity index (χ2v) is 12.5. The van der Waals surface area contributed by atoms with Crippen molar-refractivity contribution < 1.29 is 57.2 Å². The van der Waals surface area contributed by atoms with Crippen LogP contribution in [0, 0.1) is 29.1 Å². The fourth-order valence-corrected chi connectivity index (χ4v) is 5.88. The molecule has 1 fully saturated rings. The van der Waals surface area contributed by atoms with Gasteiger partial charge >= 0.3 is 29.8 Å². The van der Waals surface area contributed by atoms with Crippen molar-refractivity contribution in [3.05, 3.63) is 24.3 Å². The van der Waals surface area contributed by atoms with Crippen LogP contribution in [0.1, 0.15) is 75.7 Å². The van der Waals surface area contributed by atoms with Gasteiger partial charge < -0.3 is 23.7 Å². The van der Waals surface area contributed by atoms with Crippen molar-refractivity contribution in [3.63, 3.8) is 0 Å². The molecule has 2 aliphatic rings. The molecule has 0 bridgehead atoms. The molecule has 0 unspecified atom stereocenters. The molecule has 0 radical (unpaired) electrons. The van der Waals surface area contributed by atoms with Crippen LogP contribution < -0.4 is 0 Å². The molecule has 8 atom stereocenters. The van der Waals surface area contributed by atoms with E-state index in [2.05, 4.69) is 6.58 Å². The van der Waals surface area contributed by atoms with E-state index >= 15 is 0 Å². The molecular weight excluding hydrogens is 576 g/mol. The van der Waals surface area contributed by atoms with Gasteiger partial charge in [-0.25, -0.2) is 0 Å². The van der Waals surface area contributed by atoms with Crippen LogP contribution in [0.2, 0.25) is 0 Å². The Kier molecular flexibility index (Phi) is 11.5. The lowest BCUT2D eigenvalue weighted by molar-refractivity contribution is -0.187. The molecule has 2 rings (SSSR count). The first-order valence-corrected chi connectivity index (χ1v) is 14.5. The summed E-state index contributed by atoms with van der Waals surface area (Å²) >= 11 is 0. The summed E-state index contributed by atoms with van der Waals surface area (Å²) in [5.41, 5.74) is -3.65. The average molecular weight is 621 g/mol. The first-order chi connectivity index (χ1) is 20.2. The maximum atomic E-state index is 14.4. The summed E-state index contributed by atoms with van der Waals surface area (Å²) in [6.07, 6.45) is -3.49. The molecule has 0 aromatic carbocycles. The Morgan fingerprint density at radius 1 is 0.795 bits per heavy atom. The van der Waals surface area contributed by atoms with E-state index < -0.39 is 101 Å². The molecule has 12 nitrogen and oxygen atoms in total. The molecule has 244 valence electrons. The molecule has 0 saturated heterocycles. The Morgan fingerprint density at radius 3 is 1.80 bits per heavy atom. The topological polar surface area (TPSA) is 166 Å². The predicted molar refractivity (Wildman–Crippen MR) is 154 cm³/mol. The summed E-state index contributed by atoms with van der Waals surface area (Å²) < 4.78 is 28.5. The number of hydrogen-bond acceptors (Lipinski definition) is 12. The number of fused-ring (bicyclic) bond motifs is 1. The van der Waals surface area contributed by atoms with E-state index in [1.54, 1.807) is 27.7 Å². The Hall–Kier alpha value is -3.83. The zero-order chi connectivity index (χ0) is 33.9. The molecule has 1 saturated carbocycles. The lowest BCUT2D eigenvalue weighted by Gasteiger charge is -2.42. The smallest absolute Gasteiger partial charge is 0.309 e. The molecule has 2 aliphatic carbocycles. The molecule has 44 heavy (non-hydrogen) atoms. The highest BCUT2D eigenvalue weighted by Crippen LogP contribution is 2.51. The van der Waals surface area contributed by atoms with Crippen LogP contribution in [-0.4, -0.2) is 71.4 Å². The van der Waals surface area contributed by atoms with E-state index in [9.17, 15) is 33.6 Å². The normalized spacial score (nSPS) is 32.8. The van der Waals surface area contributed by atoms with Crippen LogP contribution in [0.5, 0.6) is 0 Å². The molecule has 0 aromatic heterocycles. The number of hydrogen-bond donors (Lipinski definition) is 0. The molecule has 0 aliphatic heterocycles. The lowest BCUT2D eigenvalue weighted by atomic mass is 9.72. The van der Waals surface area contributed by atoms with Crippen molar-refractivity contribution in [1.82, 2.24) is 0 Å². The number of rotatable bonds is 6. The van der Waals surface area contributed by atoms with E-state index in [4.69, 9.17) is 23.7 Å². The van der Waals surface area contributed by atoms with Crippen molar-refractivity contribution in [1.29, 1.82) is 0 Å². The van der Waals surface area contributed by atoms with Crippen LogP contribution in [0.15, 0.2) is 24.3 Å². The van der Waals surface area contributed by atoms with Gasteiger partial charge in [-0.2, -0.15) is 0 Å². The molecule has 0 N–H and O–H groups in total. The second kappa shape index (κ2) is 13.9. The minimum atomic E-state index is -2.02. The number of Topliss-reactive ketones (excluding diaryl/α,β-unsaturated/α-hetero) is 2. The van der Waals surface area contributed by atoms with E-state index in [-0.39, 0.29) is 12.0 Å². The van der Waals surface area contributed by atoms with Gasteiger partial charge in [0.2, 0.25) is 6.10 Å². The molecule has 0 spiro atoms. The van der Waals surface area contributed by atoms with E-state index in [0.29, 0.717) is 0 Å². The Labute approximate surface area is 257 Å². The largest absolute Gasteiger partial charge is 0.462 e. The van der Waals surface area contributed by atoms with Gasteiger partial charge in [-0.15, -0.1) is 0 Å². The standard InChI is InChI=1S/C32H44O12/c1-15(2)30(39)43-27-26(42-21(8)35)18(5)25(41-20(7)34)23-24(40-19(6)33)17(4)14-32(23,44-22(9)36)28(37)16(3)12-13-31(10,11)29(27)38/h12-13,15-17,23-27H,5,14H2,1-4,6-11H3/b13-12+/t16-,17-,23+,24-,25+,26+,27-,32-/m1/s1. The van der Waals surface area contributed by atoms with Crippen LogP contribution in [0.3, 0.4) is 0 Å². The maximum Gasteiger partial charge on any atom is 0.309 e. The number of esters is 5. The van der Waals surface area contributed by atoms with Gasteiger partial charge in [0.15, 0.2) is 23.3 Å². The summed E-state index contributed by atoms with van der Waals surface area (Å²) in [4.78, 5) is 91.4. The Bertz CT molecular complexity index is 1240. The fourth-order valence-electron chi connectivity index (χ4n) is 5.88. The highest BCUT2D eigenvalue weighted by molar-refractivity contribution is 5.95. The van der Waals surface area contributed by atoms with Gasteiger partial charge in [0.05, 0.1) is 11.8 Å². The van der Waals surface area contributed by atoms with Gasteiger partial charge in [-0.1, -0.05) is 46.4 Å². The number of ether oxygens (including phenoxy) is 5. The van der Waals surface area contributed by atoms with E-state index in [1.807, 2.05) is 0 Å². The SMILES string of the molecule is C=C1[C@H](OC(C)=O)[C@@H]2[C@H](OC(C)=O)[C@H](C)C[C@]2(OC(C)=O)C(=O)[C@H](C)/C=C/C(C)(C)C(=O)[C@H](OC(=O)C(C)C)[C@H]1OC(C)=O. The zero-order valence-electron chi connectivity index (χ0n) is 27.1. The third kappa shape index (κ3) is 7.81. The highest BCUT2D eigenvalue weighted by Gasteiger charge is 2.65. The summed E-state index contributed by atoms with van der Waals surface area (Å²) in [7, 11) is 0. The summed E-state index contributed by atoms with van der Waals surface area (Å²) in [6.45, 7) is 17.8. The van der Waals surface area contributed by atoms with E-state index in [0.717, 1.165) is 27.7 Å². The van der Waals surface area contributed by atoms with Gasteiger partial charge in [-0.3, -0.25) is 33.6 Å². The molecule has 12 heteroatoms. The molecule has 0 aromatic rings. The Balaban J connectivity index is 3.08. The summed E-state index contributed by atoms with van der Waals surface area (Å²) in [5, 5.41) is 0. The number of carbonyl (C=O) groups is 7. The van der Waals surface area contributed by atoms with Crippen molar-refractivity contribution >= 4 is 41.4 Å². The first-order valence-electron chi connectivity index (χ1n) is 14.5. The van der Waals surface area contributed by atoms with E-state index in [1.165, 1.54) is 26.0 Å². The Morgan fingerprint density at radius 2 is 1.32 bits per heavy atom. The lowest BCUT2D eigenvalue weighted by Crippen LogP contribution is -2.58. The first kappa shape index (κ1) is 36.4. The fraction of sp³-hybridized carbons (Fsp3) is 0.656. The van der Waals surface area contributed by atoms with Crippen LogP contribution >= 0.6 is 0 Å². The second-order valence-electron chi connectivity index (χ2n) is 12.5. The van der Waals surface area contributed by atoms with Gasteiger partial charge in [0.1, 0.15) is 12.2 Å². The molecule has 0 heterocycles. The zero-order valence-corrected chi connectivity index (χ0v) is 27.1. The monoisotopic (exact) mass is 620 g/mol. The summed E-state index contributed by atoms with van der Waals surface area (Å²) in [6, 6.07) is 0. The van der Waals surface area contributed by atoms with Crippen molar-refractivity contribution in [2.24, 2.45) is 29.1 Å². The van der Waals surface area contributed by atoms with Gasteiger partial charge in [0.25, 0.3) is 0 Å². The van der Waals surface area contributed by atoms with Crippen molar-refractivity contribution in [3.8, 4) is 0 Å². The quantitative estimate of drug-likeness (QED) is 0.242. The minimum Gasteiger partial charge on any atom is -0.462 e. The third-order valence-corrected chi connectivity index (χ3v) is 7.86. The summed E-state index contributed by atoms with van der Waals surface area (Å²) in [5.74, 6) is -9.04. The van der Waals surface area contributed by atoms with Crippen LogP contribution in [-0.2, 0) is 57.2 Å². The molecule has 0 amide bonds. The van der Waals surface area contributed by atoms with Gasteiger partial charge in [-0.05, 0) is 19.8 Å².